The third-order valence-corrected chi connectivity index (χ3v) is 9.65. The van der Waals surface area contributed by atoms with E-state index in [1.807, 2.05) is 0 Å². The first-order valence-corrected chi connectivity index (χ1v) is 19.0. The van der Waals surface area contributed by atoms with E-state index in [2.05, 4.69) is 35.8 Å². The van der Waals surface area contributed by atoms with E-state index in [9.17, 15) is 36.6 Å². The van der Waals surface area contributed by atoms with Crippen molar-refractivity contribution in [1.82, 2.24) is 19.6 Å². The minimum absolute atomic E-state index is 0. The molecular weight excluding hydrogens is 892 g/mol. The Bertz CT molecular complexity index is 2640. The average Bonchev–Trinajstić information content (AvgIpc) is 3.55. The van der Waals surface area contributed by atoms with Gasteiger partial charge in [-0.25, -0.2) is 28.1 Å². The number of hydrogen-bond donors (Lipinski definition) is 5. The van der Waals surface area contributed by atoms with Gasteiger partial charge in [-0.3, -0.25) is 19.8 Å². The summed E-state index contributed by atoms with van der Waals surface area (Å²) in [6, 6.07) is 19.9. The molecule has 18 nitrogen and oxygen atoms in total. The van der Waals surface area contributed by atoms with Crippen LogP contribution in [0.15, 0.2) is 125 Å². The summed E-state index contributed by atoms with van der Waals surface area (Å²) >= 11 is 11.9. The second kappa shape index (κ2) is 20.5. The topological polar surface area (TPSA) is 290 Å². The van der Waals surface area contributed by atoms with Crippen molar-refractivity contribution >= 4 is 66.0 Å². The number of H-pyrrole nitrogens is 2. The molecule has 0 atom stereocenters. The Kier molecular flexibility index (Phi) is 17.9. The van der Waals surface area contributed by atoms with Crippen molar-refractivity contribution in [2.45, 2.75) is 23.6 Å². The van der Waals surface area contributed by atoms with Crippen LogP contribution in [0.3, 0.4) is 0 Å². The van der Waals surface area contributed by atoms with Gasteiger partial charge in [0, 0.05) is 26.8 Å². The van der Waals surface area contributed by atoms with Gasteiger partial charge in [0.05, 0.1) is 33.3 Å². The maximum atomic E-state index is 12.6. The fourth-order valence-electron chi connectivity index (χ4n) is 4.64. The zero-order valence-corrected chi connectivity index (χ0v) is 38.4. The fourth-order valence-corrected chi connectivity index (χ4v) is 6.11. The van der Waals surface area contributed by atoms with E-state index >= 15 is 0 Å². The van der Waals surface area contributed by atoms with Crippen LogP contribution < -0.4 is 85.6 Å². The predicted molar refractivity (Wildman–Crippen MR) is 196 cm³/mol. The first kappa shape index (κ1) is 49.8. The Balaban J connectivity index is 0.000000374. The summed E-state index contributed by atoms with van der Waals surface area (Å²) in [5, 5.41) is 51.7. The van der Waals surface area contributed by atoms with Crippen molar-refractivity contribution in [3.8, 4) is 22.9 Å². The first-order chi connectivity index (χ1) is 25.3. The van der Waals surface area contributed by atoms with Gasteiger partial charge in [-0.2, -0.15) is 13.5 Å². The van der Waals surface area contributed by atoms with Crippen molar-refractivity contribution in [2.24, 2.45) is 25.6 Å². The number of aromatic nitrogens is 4. The molecule has 2 heterocycles. The van der Waals surface area contributed by atoms with Gasteiger partial charge in [-0.15, -0.1) is 15.3 Å². The number of aryl methyl sites for hydroxylation is 2. The van der Waals surface area contributed by atoms with Gasteiger partial charge in [-0.05, 0) is 80.6 Å². The van der Waals surface area contributed by atoms with Crippen LogP contribution in [0.1, 0.15) is 11.4 Å². The average molecular weight is 921 g/mol. The number of phenols is 1. The molecule has 57 heavy (non-hydrogen) atoms. The van der Waals surface area contributed by atoms with Crippen LogP contribution >= 0.6 is 23.2 Å². The van der Waals surface area contributed by atoms with E-state index in [1.54, 1.807) is 62.4 Å². The van der Waals surface area contributed by atoms with Crippen LogP contribution in [0.4, 0.5) is 22.7 Å². The van der Waals surface area contributed by atoms with Crippen LogP contribution in [-0.4, -0.2) is 41.5 Å². The summed E-state index contributed by atoms with van der Waals surface area (Å²) < 4.78 is 48.4. The van der Waals surface area contributed by atoms with E-state index in [0.29, 0.717) is 32.8 Å². The number of aromatic amines is 2. The molecule has 6 rings (SSSR count). The zero-order valence-electron chi connectivity index (χ0n) is 30.3. The number of hydrogen-bond acceptors (Lipinski definition) is 12. The van der Waals surface area contributed by atoms with E-state index in [-0.39, 0.29) is 114 Å². The SMILES string of the molecule is Cc1[nH]n(-c2cccc(Cl)c2)c(=O)c1N=Nc1cc(S(N)(=O)=O)ccc1[O-].Cc1[nH]n(-c2cccc(Cl)c2)c(=O)c1N=Nc1cc(S([NH3+])(=O)=O)ccc1O.[Co].[Na+].[Na+]. The van der Waals surface area contributed by atoms with E-state index in [1.165, 1.54) is 21.5 Å². The molecule has 289 valence electrons. The summed E-state index contributed by atoms with van der Waals surface area (Å²) in [4.78, 5) is 24.8. The van der Waals surface area contributed by atoms with Crippen molar-refractivity contribution in [1.29, 1.82) is 0 Å². The Morgan fingerprint density at radius 1 is 0.702 bits per heavy atom. The van der Waals surface area contributed by atoms with Crippen molar-refractivity contribution < 1.29 is 108 Å². The molecule has 8 N–H and O–H groups in total. The van der Waals surface area contributed by atoms with Gasteiger partial charge in [0.15, 0.2) is 11.4 Å². The smallest absolute Gasteiger partial charge is 0.871 e. The standard InChI is InChI=1S/2C16H14ClN5O4S.Co.2Na/c2*1-9-15(16(24)22(21-9)11-4-2-3-10(17)7-11)20-19-13-8-12(27(18,25)26)5-6-14(13)23;;;/h2*2-8,21,23H,1H3,(H2,18,25,26);;;/q;;;2*+1. The molecule has 0 aliphatic carbocycles. The number of nitrogens with one attached hydrogen (secondary N) is 2. The molecule has 0 saturated heterocycles. The third-order valence-electron chi connectivity index (χ3n) is 7.29. The number of primary sulfonamides is 1. The second-order valence-corrected chi connectivity index (χ2v) is 15.4. The van der Waals surface area contributed by atoms with Crippen LogP contribution in [0.2, 0.25) is 10.0 Å². The van der Waals surface area contributed by atoms with E-state index < -0.39 is 36.9 Å². The molecule has 0 aliphatic heterocycles. The maximum Gasteiger partial charge on any atom is 1.00 e. The normalized spacial score (nSPS) is 11.3. The Labute approximate surface area is 388 Å². The largest absolute Gasteiger partial charge is 1.00 e. The minimum atomic E-state index is -4.00. The Morgan fingerprint density at radius 3 is 1.58 bits per heavy atom. The van der Waals surface area contributed by atoms with Gasteiger partial charge < -0.3 is 10.2 Å². The third kappa shape index (κ3) is 12.3. The molecule has 0 bridgehead atoms. The molecule has 0 fully saturated rings. The summed E-state index contributed by atoms with van der Waals surface area (Å²) in [7, 11) is -7.73. The quantitative estimate of drug-likeness (QED) is 0.0878. The zero-order chi connectivity index (χ0) is 39.5. The summed E-state index contributed by atoms with van der Waals surface area (Å²) in [5.74, 6) is -0.844. The molecule has 4 aromatic carbocycles. The van der Waals surface area contributed by atoms with Gasteiger partial charge in [0.25, 0.3) is 11.1 Å². The molecule has 0 spiro atoms. The number of aromatic hydroxyl groups is 1. The molecule has 0 aliphatic rings. The van der Waals surface area contributed by atoms with Crippen LogP contribution in [-0.2, 0) is 36.8 Å². The van der Waals surface area contributed by atoms with E-state index in [0.717, 1.165) is 24.3 Å². The fraction of sp³-hybridized carbons (Fsp3) is 0.0625. The van der Waals surface area contributed by atoms with Gasteiger partial charge in [0.2, 0.25) is 10.0 Å². The van der Waals surface area contributed by atoms with Crippen molar-refractivity contribution in [2.75, 3.05) is 0 Å². The first-order valence-electron chi connectivity index (χ1n) is 15.1. The van der Waals surface area contributed by atoms with Crippen LogP contribution in [0.5, 0.6) is 11.5 Å². The number of nitrogens with two attached hydrogens (primary N) is 1. The van der Waals surface area contributed by atoms with Crippen LogP contribution in [0.25, 0.3) is 11.4 Å². The number of sulfonamides is 2. The van der Waals surface area contributed by atoms with Crippen molar-refractivity contribution in [3.63, 3.8) is 0 Å². The summed E-state index contributed by atoms with van der Waals surface area (Å²) in [5.41, 5.74) is 0.496. The molecular formula is C32H28Cl2CoN10Na2O8S2+2. The molecule has 25 heteroatoms. The van der Waals surface area contributed by atoms with Gasteiger partial charge in [0.1, 0.15) is 16.3 Å². The number of halogens is 2. The maximum absolute atomic E-state index is 12.6. The minimum Gasteiger partial charge on any atom is -0.871 e. The van der Waals surface area contributed by atoms with Gasteiger partial charge in [-0.1, -0.05) is 47.2 Å². The number of benzene rings is 4. The monoisotopic (exact) mass is 919 g/mol. The van der Waals surface area contributed by atoms with Gasteiger partial charge >= 0.3 is 69.1 Å². The predicted octanol–water partition coefficient (Wildman–Crippen LogP) is -1.55. The Hall–Kier alpha value is -3.39. The number of quaternary nitrogens is 1. The molecule has 0 saturated carbocycles. The number of azo groups is 2. The molecule has 0 unspecified atom stereocenters. The van der Waals surface area contributed by atoms with Crippen molar-refractivity contribution in [3.05, 3.63) is 127 Å². The molecule has 6 aromatic rings. The van der Waals surface area contributed by atoms with Crippen LogP contribution in [0, 0.1) is 13.8 Å². The Morgan fingerprint density at radius 2 is 1.14 bits per heavy atom. The number of phenolic OH excluding ortho intramolecular Hbond substituents is 1. The van der Waals surface area contributed by atoms with E-state index in [4.69, 9.17) is 28.3 Å². The summed E-state index contributed by atoms with van der Waals surface area (Å²) in [6.07, 6.45) is 0. The second-order valence-electron chi connectivity index (χ2n) is 11.3. The molecule has 0 amide bonds. The number of rotatable bonds is 8. The summed E-state index contributed by atoms with van der Waals surface area (Å²) in [6.45, 7) is 3.24. The molecule has 1 radical (unpaired) electrons. The number of nitrogens with zero attached hydrogens (tertiary/aromatic N) is 6. The molecule has 2 aromatic heterocycles.